The summed E-state index contributed by atoms with van der Waals surface area (Å²) in [7, 11) is 0. The second-order valence-corrected chi connectivity index (χ2v) is 4.88. The van der Waals surface area contributed by atoms with Gasteiger partial charge in [-0.05, 0) is 38.8 Å². The number of aryl methyl sites for hydroxylation is 1. The number of hydrogen-bond acceptors (Lipinski definition) is 4. The molecule has 0 aromatic carbocycles. The minimum Gasteiger partial charge on any atom is -0.368 e. The summed E-state index contributed by atoms with van der Waals surface area (Å²) in [5, 5.41) is 3.39. The summed E-state index contributed by atoms with van der Waals surface area (Å²) in [6, 6.07) is 0. The topological polar surface area (TPSA) is 41.0 Å². The molecule has 2 rings (SSSR count). The van der Waals surface area contributed by atoms with Crippen molar-refractivity contribution in [1.82, 2.24) is 14.9 Å². The molecule has 1 unspecified atom stereocenters. The van der Waals surface area contributed by atoms with E-state index in [1.165, 1.54) is 32.5 Å². The van der Waals surface area contributed by atoms with Gasteiger partial charge in [0.05, 0.1) is 11.9 Å². The highest BCUT2D eigenvalue weighted by Gasteiger charge is 2.21. The zero-order chi connectivity index (χ0) is 12.1. The van der Waals surface area contributed by atoms with Gasteiger partial charge in [-0.15, -0.1) is 0 Å². The molecule has 2 heterocycles. The van der Waals surface area contributed by atoms with Crippen LogP contribution in [0.5, 0.6) is 0 Å². The molecule has 1 fully saturated rings. The van der Waals surface area contributed by atoms with Gasteiger partial charge in [0, 0.05) is 19.3 Å². The third-order valence-electron chi connectivity index (χ3n) is 3.24. The van der Waals surface area contributed by atoms with E-state index < -0.39 is 0 Å². The van der Waals surface area contributed by atoms with E-state index in [9.17, 15) is 0 Å². The molecule has 1 aliphatic heterocycles. The van der Waals surface area contributed by atoms with Gasteiger partial charge in [-0.25, -0.2) is 4.98 Å². The molecule has 17 heavy (non-hydrogen) atoms. The highest BCUT2D eigenvalue weighted by molar-refractivity contribution is 5.31. The quantitative estimate of drug-likeness (QED) is 0.845. The number of anilines is 1. The summed E-state index contributed by atoms with van der Waals surface area (Å²) in [6.07, 6.45) is 6.13. The highest BCUT2D eigenvalue weighted by Crippen LogP contribution is 2.16. The van der Waals surface area contributed by atoms with Crippen LogP contribution >= 0.6 is 0 Å². The largest absolute Gasteiger partial charge is 0.368 e. The van der Waals surface area contributed by atoms with Crippen LogP contribution in [0.4, 0.5) is 5.82 Å². The van der Waals surface area contributed by atoms with Gasteiger partial charge in [0.25, 0.3) is 0 Å². The molecule has 4 heteroatoms. The van der Waals surface area contributed by atoms with Crippen LogP contribution in [0.25, 0.3) is 0 Å². The maximum Gasteiger partial charge on any atom is 0.144 e. The lowest BCUT2D eigenvalue weighted by Crippen LogP contribution is -2.23. The molecule has 0 saturated carbocycles. The van der Waals surface area contributed by atoms with Crippen LogP contribution in [0.2, 0.25) is 0 Å². The van der Waals surface area contributed by atoms with Crippen molar-refractivity contribution in [1.29, 1.82) is 0 Å². The van der Waals surface area contributed by atoms with Crippen LogP contribution in [0.1, 0.15) is 25.5 Å². The van der Waals surface area contributed by atoms with E-state index >= 15 is 0 Å². The molecule has 1 aliphatic rings. The summed E-state index contributed by atoms with van der Waals surface area (Å²) in [6.45, 7) is 8.93. The van der Waals surface area contributed by atoms with Crippen LogP contribution in [-0.2, 0) is 0 Å². The Hall–Kier alpha value is -1.16. The first-order valence-electron chi connectivity index (χ1n) is 6.53. The molecule has 1 atom stereocenters. The zero-order valence-corrected chi connectivity index (χ0v) is 10.8. The number of likely N-dealkylation sites (tertiary alicyclic amines) is 1. The van der Waals surface area contributed by atoms with E-state index in [2.05, 4.69) is 27.1 Å². The standard InChI is InChI=1S/C13H22N4/c1-3-5-17-6-4-12(10-17)8-15-13-9-14-7-11(2)16-13/h7,9,12H,3-6,8,10H2,1-2H3,(H,15,16). The average molecular weight is 234 g/mol. The molecule has 94 valence electrons. The summed E-state index contributed by atoms with van der Waals surface area (Å²) in [5.74, 6) is 1.66. The first-order valence-corrected chi connectivity index (χ1v) is 6.53. The van der Waals surface area contributed by atoms with E-state index in [0.717, 1.165) is 24.0 Å². The monoisotopic (exact) mass is 234 g/mol. The number of nitrogens with zero attached hydrogens (tertiary/aromatic N) is 3. The Balaban J connectivity index is 1.76. The minimum atomic E-state index is 0.754. The van der Waals surface area contributed by atoms with Gasteiger partial charge < -0.3 is 10.2 Å². The molecule has 0 spiro atoms. The average Bonchev–Trinajstić information content (AvgIpc) is 2.75. The van der Waals surface area contributed by atoms with Gasteiger partial charge in [-0.1, -0.05) is 6.92 Å². The fourth-order valence-electron chi connectivity index (χ4n) is 2.40. The van der Waals surface area contributed by atoms with Crippen LogP contribution in [-0.4, -0.2) is 41.0 Å². The van der Waals surface area contributed by atoms with Crippen molar-refractivity contribution in [2.75, 3.05) is 31.5 Å². The number of rotatable bonds is 5. The number of nitrogens with one attached hydrogen (secondary N) is 1. The molecule has 0 amide bonds. The Morgan fingerprint density at radius 1 is 1.47 bits per heavy atom. The van der Waals surface area contributed by atoms with Crippen molar-refractivity contribution >= 4 is 5.82 Å². The minimum absolute atomic E-state index is 0.754. The van der Waals surface area contributed by atoms with Crippen LogP contribution < -0.4 is 5.32 Å². The Labute approximate surface area is 103 Å². The van der Waals surface area contributed by atoms with Gasteiger partial charge in [-0.3, -0.25) is 4.98 Å². The van der Waals surface area contributed by atoms with Gasteiger partial charge >= 0.3 is 0 Å². The maximum atomic E-state index is 4.40. The van der Waals surface area contributed by atoms with Crippen molar-refractivity contribution in [3.63, 3.8) is 0 Å². The second kappa shape index (κ2) is 5.96. The van der Waals surface area contributed by atoms with Crippen molar-refractivity contribution in [3.05, 3.63) is 18.1 Å². The van der Waals surface area contributed by atoms with Gasteiger partial charge in [0.2, 0.25) is 0 Å². The molecule has 1 N–H and O–H groups in total. The van der Waals surface area contributed by atoms with E-state index in [1.807, 2.05) is 6.92 Å². The summed E-state index contributed by atoms with van der Waals surface area (Å²) in [5.41, 5.74) is 0.967. The van der Waals surface area contributed by atoms with Crippen LogP contribution in [0.3, 0.4) is 0 Å². The lowest BCUT2D eigenvalue weighted by atomic mass is 10.1. The summed E-state index contributed by atoms with van der Waals surface area (Å²) < 4.78 is 0. The first kappa shape index (κ1) is 12.3. The summed E-state index contributed by atoms with van der Waals surface area (Å²) in [4.78, 5) is 11.1. The van der Waals surface area contributed by atoms with Gasteiger partial charge in [-0.2, -0.15) is 0 Å². The lowest BCUT2D eigenvalue weighted by molar-refractivity contribution is 0.327. The molecule has 0 radical (unpaired) electrons. The van der Waals surface area contributed by atoms with E-state index in [0.29, 0.717) is 0 Å². The van der Waals surface area contributed by atoms with E-state index in [4.69, 9.17) is 0 Å². The Morgan fingerprint density at radius 2 is 2.35 bits per heavy atom. The van der Waals surface area contributed by atoms with Crippen LogP contribution in [0.15, 0.2) is 12.4 Å². The molecule has 1 aromatic rings. The van der Waals surface area contributed by atoms with Gasteiger partial charge in [0.1, 0.15) is 5.82 Å². The molecule has 1 saturated heterocycles. The van der Waals surface area contributed by atoms with Crippen molar-refractivity contribution in [2.24, 2.45) is 5.92 Å². The molecule has 4 nitrogen and oxygen atoms in total. The maximum absolute atomic E-state index is 4.40. The van der Waals surface area contributed by atoms with Crippen molar-refractivity contribution < 1.29 is 0 Å². The molecule has 0 bridgehead atoms. The van der Waals surface area contributed by atoms with Crippen LogP contribution in [0, 0.1) is 12.8 Å². The third kappa shape index (κ3) is 3.66. The van der Waals surface area contributed by atoms with Crippen molar-refractivity contribution in [3.8, 4) is 0 Å². The number of aromatic nitrogens is 2. The zero-order valence-electron chi connectivity index (χ0n) is 10.8. The molecule has 1 aromatic heterocycles. The highest BCUT2D eigenvalue weighted by atomic mass is 15.1. The SMILES string of the molecule is CCCN1CCC(CNc2cncc(C)n2)C1. The third-order valence-corrected chi connectivity index (χ3v) is 3.24. The summed E-state index contributed by atoms with van der Waals surface area (Å²) >= 11 is 0. The van der Waals surface area contributed by atoms with Crippen molar-refractivity contribution in [2.45, 2.75) is 26.7 Å². The molecular formula is C13H22N4. The number of hydrogen-bond donors (Lipinski definition) is 1. The fraction of sp³-hybridized carbons (Fsp3) is 0.692. The predicted molar refractivity (Wildman–Crippen MR) is 70.1 cm³/mol. The Bertz CT molecular complexity index is 353. The normalized spacial score (nSPS) is 20.7. The molecular weight excluding hydrogens is 212 g/mol. The molecule has 0 aliphatic carbocycles. The van der Waals surface area contributed by atoms with Gasteiger partial charge in [0.15, 0.2) is 0 Å². The Kier molecular flexibility index (Phi) is 4.31. The second-order valence-electron chi connectivity index (χ2n) is 4.88. The fourth-order valence-corrected chi connectivity index (χ4v) is 2.40. The Morgan fingerprint density at radius 3 is 3.12 bits per heavy atom. The lowest BCUT2D eigenvalue weighted by Gasteiger charge is -2.15. The first-order chi connectivity index (χ1) is 8.28. The van der Waals surface area contributed by atoms with E-state index in [-0.39, 0.29) is 0 Å². The predicted octanol–water partition coefficient (Wildman–Crippen LogP) is 1.93. The van der Waals surface area contributed by atoms with E-state index in [1.54, 1.807) is 12.4 Å². The smallest absolute Gasteiger partial charge is 0.144 e.